The lowest BCUT2D eigenvalue weighted by atomic mass is 9.77. The number of hydrogen-bond acceptors (Lipinski definition) is 5. The highest BCUT2D eigenvalue weighted by Gasteiger charge is 2.27. The van der Waals surface area contributed by atoms with Crippen LogP contribution in [0.15, 0.2) is 0 Å². The number of nitrogens with one attached hydrogen (secondary N) is 1. The van der Waals surface area contributed by atoms with Crippen molar-refractivity contribution in [3.63, 3.8) is 0 Å². The second-order valence-electron chi connectivity index (χ2n) is 10.7. The van der Waals surface area contributed by atoms with Crippen molar-refractivity contribution >= 4 is 46.9 Å². The summed E-state index contributed by atoms with van der Waals surface area (Å²) in [6.45, 7) is 5.89. The Morgan fingerprint density at radius 1 is 0.889 bits per heavy atom. The van der Waals surface area contributed by atoms with Gasteiger partial charge in [-0.1, -0.05) is 108 Å². The Kier molecular flexibility index (Phi) is 19.8. The first-order valence-corrected chi connectivity index (χ1v) is 16.9. The zero-order valence-electron chi connectivity index (χ0n) is 23.2. The summed E-state index contributed by atoms with van der Waals surface area (Å²) in [6, 6.07) is 0. The monoisotopic (exact) mass is 541 g/mol. The molecular weight excluding hydrogens is 489 g/mol. The first-order valence-electron chi connectivity index (χ1n) is 14.6. The van der Waals surface area contributed by atoms with E-state index in [0.29, 0.717) is 18.3 Å². The maximum absolute atomic E-state index is 12.6. The molecule has 5 nitrogen and oxygen atoms in total. The van der Waals surface area contributed by atoms with E-state index in [4.69, 9.17) is 0 Å². The molecule has 8 heteroatoms. The van der Waals surface area contributed by atoms with Crippen molar-refractivity contribution < 1.29 is 19.5 Å². The fourth-order valence-corrected chi connectivity index (χ4v) is 6.94. The molecule has 0 aromatic carbocycles. The van der Waals surface area contributed by atoms with Gasteiger partial charge in [0.1, 0.15) is 5.25 Å². The van der Waals surface area contributed by atoms with Crippen LogP contribution in [0, 0.1) is 11.8 Å². The predicted octanol–water partition coefficient (Wildman–Crippen LogP) is 7.24. The zero-order chi connectivity index (χ0) is 26.6. The molecule has 1 saturated carbocycles. The smallest absolute Gasteiger partial charge is 0.316 e. The van der Waals surface area contributed by atoms with Gasteiger partial charge in [0.2, 0.25) is 5.91 Å². The Hall–Kier alpha value is -0.625. The largest absolute Gasteiger partial charge is 0.480 e. The molecule has 1 unspecified atom stereocenters. The second kappa shape index (κ2) is 21.3. The van der Waals surface area contributed by atoms with Crippen LogP contribution in [0.3, 0.4) is 0 Å². The summed E-state index contributed by atoms with van der Waals surface area (Å²) in [5.41, 5.74) is 0. The second-order valence-corrected chi connectivity index (χ2v) is 12.7. The average Bonchev–Trinajstić information content (AvgIpc) is 2.88. The van der Waals surface area contributed by atoms with Gasteiger partial charge < -0.3 is 10.4 Å². The molecule has 0 aliphatic heterocycles. The molecule has 208 valence electrons. The van der Waals surface area contributed by atoms with Crippen LogP contribution in [-0.2, 0) is 14.4 Å². The van der Waals surface area contributed by atoms with E-state index in [1.54, 1.807) is 0 Å². The minimum absolute atomic E-state index is 0.0417. The lowest BCUT2D eigenvalue weighted by Gasteiger charge is -2.27. The number of aliphatic carboxylic acids is 1. The van der Waals surface area contributed by atoms with Crippen LogP contribution in [-0.4, -0.2) is 46.7 Å². The van der Waals surface area contributed by atoms with E-state index >= 15 is 0 Å². The number of unbranched alkanes of at least 4 members (excludes halogenated alkanes) is 8. The number of carbonyl (C=O) groups excluding carboxylic acids is 2. The molecule has 0 aromatic heterocycles. The quantitative estimate of drug-likeness (QED) is 0.118. The molecule has 36 heavy (non-hydrogen) atoms. The van der Waals surface area contributed by atoms with E-state index in [0.717, 1.165) is 32.2 Å². The third-order valence-electron chi connectivity index (χ3n) is 7.58. The highest BCUT2D eigenvalue weighted by Crippen LogP contribution is 2.31. The molecular formula is C28H52BNO4S2. The highest BCUT2D eigenvalue weighted by atomic mass is 32.2. The molecule has 0 bridgehead atoms. The van der Waals surface area contributed by atoms with Crippen molar-refractivity contribution in [1.82, 2.24) is 5.32 Å². The molecule has 0 spiro atoms. The third-order valence-corrected chi connectivity index (χ3v) is 9.75. The maximum Gasteiger partial charge on any atom is 0.316 e. The third kappa shape index (κ3) is 15.6. The van der Waals surface area contributed by atoms with Gasteiger partial charge in [-0.25, -0.2) is 0 Å². The van der Waals surface area contributed by atoms with Gasteiger partial charge in [0.05, 0.1) is 0 Å². The molecule has 1 amide bonds. The fourth-order valence-electron chi connectivity index (χ4n) is 5.12. The van der Waals surface area contributed by atoms with Crippen molar-refractivity contribution in [2.45, 2.75) is 134 Å². The summed E-state index contributed by atoms with van der Waals surface area (Å²) in [4.78, 5) is 36.3. The summed E-state index contributed by atoms with van der Waals surface area (Å²) in [5, 5.41) is 12.4. The van der Waals surface area contributed by atoms with E-state index in [1.807, 2.05) is 6.26 Å². The van der Waals surface area contributed by atoms with Crippen LogP contribution >= 0.6 is 23.4 Å². The van der Waals surface area contributed by atoms with Crippen LogP contribution in [0.25, 0.3) is 0 Å². The van der Waals surface area contributed by atoms with E-state index in [2.05, 4.69) is 19.2 Å². The van der Waals surface area contributed by atoms with Crippen molar-refractivity contribution in [1.29, 1.82) is 0 Å². The average molecular weight is 542 g/mol. The number of rotatable bonds is 21. The molecule has 0 aromatic rings. The molecule has 0 heterocycles. The summed E-state index contributed by atoms with van der Waals surface area (Å²) in [6.07, 6.45) is 20.6. The van der Waals surface area contributed by atoms with E-state index in [9.17, 15) is 19.5 Å². The SMILES string of the molecule is CCCCCCCC(BSC(CC(=O)NCC1CCC(C(=O)SC)CC1)C(=O)O)CCCCCCC. The molecule has 0 radical (unpaired) electrons. The molecule has 0 saturated heterocycles. The topological polar surface area (TPSA) is 83.5 Å². The van der Waals surface area contributed by atoms with Crippen LogP contribution in [0.5, 0.6) is 0 Å². The zero-order valence-corrected chi connectivity index (χ0v) is 24.9. The molecule has 1 rings (SSSR count). The van der Waals surface area contributed by atoms with Gasteiger partial charge in [-0.05, 0) is 37.9 Å². The predicted molar refractivity (Wildman–Crippen MR) is 158 cm³/mol. The van der Waals surface area contributed by atoms with Crippen molar-refractivity contribution in [2.75, 3.05) is 12.8 Å². The van der Waals surface area contributed by atoms with E-state index < -0.39 is 11.2 Å². The highest BCUT2D eigenvalue weighted by molar-refractivity contribution is 8.23. The first kappa shape index (κ1) is 33.4. The van der Waals surface area contributed by atoms with Crippen molar-refractivity contribution in [3.8, 4) is 0 Å². The Bertz CT molecular complexity index is 600. The summed E-state index contributed by atoms with van der Waals surface area (Å²) < 4.78 is 0. The van der Waals surface area contributed by atoms with Crippen LogP contribution in [0.4, 0.5) is 0 Å². The lowest BCUT2D eigenvalue weighted by molar-refractivity contribution is -0.138. The van der Waals surface area contributed by atoms with Gasteiger partial charge in [-0.15, -0.1) is 0 Å². The van der Waals surface area contributed by atoms with Crippen molar-refractivity contribution in [2.24, 2.45) is 11.8 Å². The summed E-state index contributed by atoms with van der Waals surface area (Å²) >= 11 is 2.78. The fraction of sp³-hybridized carbons (Fsp3) is 0.893. The molecule has 1 aliphatic carbocycles. The number of hydrogen-bond donors (Lipinski definition) is 2. The summed E-state index contributed by atoms with van der Waals surface area (Å²) in [5.74, 6) is 0.0534. The van der Waals surface area contributed by atoms with Crippen LogP contribution < -0.4 is 5.32 Å². The van der Waals surface area contributed by atoms with E-state index in [-0.39, 0.29) is 23.4 Å². The van der Waals surface area contributed by atoms with Gasteiger partial charge in [0.15, 0.2) is 11.7 Å². The lowest BCUT2D eigenvalue weighted by Crippen LogP contribution is -2.35. The Labute approximate surface area is 230 Å². The minimum Gasteiger partial charge on any atom is -0.480 e. The number of amides is 1. The number of thioether (sulfide) groups is 1. The normalized spacial score (nSPS) is 18.7. The Balaban J connectivity index is 2.43. The van der Waals surface area contributed by atoms with Gasteiger partial charge in [0.25, 0.3) is 0 Å². The Morgan fingerprint density at radius 2 is 1.44 bits per heavy atom. The van der Waals surface area contributed by atoms with Gasteiger partial charge in [0, 0.05) is 18.9 Å². The van der Waals surface area contributed by atoms with Crippen LogP contribution in [0.1, 0.15) is 123 Å². The molecule has 2 N–H and O–H groups in total. The number of carbonyl (C=O) groups is 3. The molecule has 1 fully saturated rings. The van der Waals surface area contributed by atoms with Crippen LogP contribution in [0.2, 0.25) is 5.82 Å². The number of carboxylic acid groups (broad SMARTS) is 1. The summed E-state index contributed by atoms with van der Waals surface area (Å²) in [7, 11) is 0. The molecule has 1 aliphatic rings. The molecule has 1 atom stereocenters. The maximum atomic E-state index is 12.6. The van der Waals surface area contributed by atoms with Crippen molar-refractivity contribution in [3.05, 3.63) is 0 Å². The van der Waals surface area contributed by atoms with E-state index in [1.165, 1.54) is 100 Å². The van der Waals surface area contributed by atoms with Gasteiger partial charge in [-0.2, -0.15) is 11.6 Å². The first-order chi connectivity index (χ1) is 17.4. The number of carboxylic acids is 1. The van der Waals surface area contributed by atoms with Gasteiger partial charge in [-0.3, -0.25) is 14.4 Å². The van der Waals surface area contributed by atoms with Gasteiger partial charge >= 0.3 is 5.97 Å². The Morgan fingerprint density at radius 3 is 1.94 bits per heavy atom. The standard InChI is InChI=1S/C28H52BNO4S2/c1-4-6-8-10-12-14-24(15-13-11-9-7-5-2)29-36-25(27(32)33)20-26(31)30-21-22-16-18-23(19-17-22)28(34)35-3/h22-25,29H,4-21H2,1-3H3,(H,30,31)(H,32,33). The minimum atomic E-state index is -0.879.